The number of benzene rings is 1. The summed E-state index contributed by atoms with van der Waals surface area (Å²) in [4.78, 5) is 14.1. The molecular weight excluding hydrogens is 326 g/mol. The number of hydrogen-bond acceptors (Lipinski definition) is 4. The Morgan fingerprint density at radius 2 is 2.19 bits per heavy atom. The minimum absolute atomic E-state index is 0.0653. The Hall–Kier alpha value is -2.39. The average Bonchev–Trinajstić information content (AvgIpc) is 3.40. The van der Waals surface area contributed by atoms with Crippen LogP contribution in [0.2, 0.25) is 0 Å². The van der Waals surface area contributed by atoms with E-state index >= 15 is 0 Å². The number of carbonyl (C=O) groups is 1. The van der Waals surface area contributed by atoms with Gasteiger partial charge in [-0.3, -0.25) is 9.48 Å². The molecule has 6 heteroatoms. The van der Waals surface area contributed by atoms with Gasteiger partial charge < -0.3 is 10.2 Å². The van der Waals surface area contributed by atoms with Crippen LogP contribution in [0.15, 0.2) is 30.5 Å². The molecule has 0 spiro atoms. The number of nitrogens with one attached hydrogen (secondary N) is 1. The zero-order valence-electron chi connectivity index (χ0n) is 15.0. The second-order valence-corrected chi connectivity index (χ2v) is 7.52. The molecule has 3 atom stereocenters. The van der Waals surface area contributed by atoms with Crippen LogP contribution >= 0.6 is 0 Å². The number of aromatic nitrogens is 2. The lowest BCUT2D eigenvalue weighted by molar-refractivity contribution is -0.130. The first kappa shape index (κ1) is 17.0. The lowest BCUT2D eigenvalue weighted by Crippen LogP contribution is -2.42. The molecule has 1 aromatic carbocycles. The monoisotopic (exact) mass is 351 g/mol. The van der Waals surface area contributed by atoms with E-state index in [4.69, 9.17) is 5.26 Å². The van der Waals surface area contributed by atoms with Gasteiger partial charge in [0.05, 0.1) is 24.3 Å². The highest BCUT2D eigenvalue weighted by atomic mass is 16.2. The summed E-state index contributed by atoms with van der Waals surface area (Å²) in [6.45, 7) is 2.00. The van der Waals surface area contributed by atoms with Gasteiger partial charge in [-0.25, -0.2) is 0 Å². The molecule has 2 aliphatic rings. The van der Waals surface area contributed by atoms with E-state index in [-0.39, 0.29) is 11.9 Å². The number of rotatable bonds is 5. The number of likely N-dealkylation sites (tertiary alicyclic amines) is 1. The van der Waals surface area contributed by atoms with Gasteiger partial charge in [-0.1, -0.05) is 18.2 Å². The van der Waals surface area contributed by atoms with E-state index in [9.17, 15) is 4.79 Å². The fourth-order valence-corrected chi connectivity index (χ4v) is 4.37. The summed E-state index contributed by atoms with van der Waals surface area (Å²) in [5.41, 5.74) is 1.19. The van der Waals surface area contributed by atoms with E-state index in [0.717, 1.165) is 45.2 Å². The lowest BCUT2D eigenvalue weighted by Gasteiger charge is -2.21. The highest BCUT2D eigenvalue weighted by Gasteiger charge is 2.30. The molecule has 2 fully saturated rings. The van der Waals surface area contributed by atoms with Crippen LogP contribution in [0.3, 0.4) is 0 Å². The maximum Gasteiger partial charge on any atom is 0.237 e. The molecule has 6 nitrogen and oxygen atoms in total. The number of nitrogens with zero attached hydrogens (tertiary/aromatic N) is 4. The third kappa shape index (κ3) is 3.45. The van der Waals surface area contributed by atoms with Gasteiger partial charge in [0.2, 0.25) is 5.91 Å². The van der Waals surface area contributed by atoms with Crippen molar-refractivity contribution in [2.45, 2.75) is 50.7 Å². The molecule has 1 saturated heterocycles. The summed E-state index contributed by atoms with van der Waals surface area (Å²) in [5, 5.41) is 18.3. The zero-order valence-corrected chi connectivity index (χ0v) is 15.0. The number of amides is 1. The number of fused-ring (bicyclic) bond motifs is 1. The fourth-order valence-electron chi connectivity index (χ4n) is 4.37. The van der Waals surface area contributed by atoms with E-state index < -0.39 is 0 Å². The third-order valence-corrected chi connectivity index (χ3v) is 5.79. The van der Waals surface area contributed by atoms with Crippen molar-refractivity contribution in [2.75, 3.05) is 13.1 Å². The molecule has 26 heavy (non-hydrogen) atoms. The number of carbonyl (C=O) groups excluding carboxylic acids is 1. The van der Waals surface area contributed by atoms with E-state index in [1.165, 1.54) is 10.9 Å². The van der Waals surface area contributed by atoms with E-state index in [2.05, 4.69) is 39.4 Å². The molecule has 1 aromatic heterocycles. The molecule has 2 heterocycles. The van der Waals surface area contributed by atoms with Crippen LogP contribution in [0.5, 0.6) is 0 Å². The summed E-state index contributed by atoms with van der Waals surface area (Å²) in [6, 6.07) is 10.7. The first-order valence-electron chi connectivity index (χ1n) is 9.57. The summed E-state index contributed by atoms with van der Waals surface area (Å²) in [7, 11) is 0. The van der Waals surface area contributed by atoms with Gasteiger partial charge in [-0.15, -0.1) is 0 Å². The maximum atomic E-state index is 12.4. The molecule has 1 saturated carbocycles. The topological polar surface area (TPSA) is 74.0 Å². The van der Waals surface area contributed by atoms with Crippen LogP contribution in [-0.4, -0.2) is 45.8 Å². The van der Waals surface area contributed by atoms with Crippen LogP contribution in [0.4, 0.5) is 0 Å². The molecule has 1 N–H and O–H groups in total. The SMILES string of the molecule is N#CC1CCCN1C(=O)CNC1CCC(Cn2ncc3ccccc32)C1. The molecule has 0 radical (unpaired) electrons. The maximum absolute atomic E-state index is 12.4. The Labute approximate surface area is 153 Å². The van der Waals surface area contributed by atoms with Gasteiger partial charge in [0.15, 0.2) is 0 Å². The predicted octanol–water partition coefficient (Wildman–Crippen LogP) is 2.31. The Kier molecular flexibility index (Phi) is 4.89. The van der Waals surface area contributed by atoms with Crippen LogP contribution in [0.1, 0.15) is 32.1 Å². The van der Waals surface area contributed by atoms with Crippen molar-refractivity contribution in [3.05, 3.63) is 30.5 Å². The lowest BCUT2D eigenvalue weighted by atomic mass is 10.1. The van der Waals surface area contributed by atoms with Crippen LogP contribution in [-0.2, 0) is 11.3 Å². The number of nitriles is 1. The fraction of sp³-hybridized carbons (Fsp3) is 0.550. The smallest absolute Gasteiger partial charge is 0.237 e. The summed E-state index contributed by atoms with van der Waals surface area (Å²) >= 11 is 0. The van der Waals surface area contributed by atoms with Crippen LogP contribution in [0, 0.1) is 17.2 Å². The molecule has 1 aliphatic carbocycles. The van der Waals surface area contributed by atoms with Crippen molar-refractivity contribution >= 4 is 16.8 Å². The largest absolute Gasteiger partial charge is 0.326 e. The average molecular weight is 351 g/mol. The van der Waals surface area contributed by atoms with Gasteiger partial charge in [0, 0.05) is 24.5 Å². The molecule has 4 rings (SSSR count). The molecule has 136 valence electrons. The van der Waals surface area contributed by atoms with Crippen molar-refractivity contribution in [2.24, 2.45) is 5.92 Å². The first-order valence-corrected chi connectivity index (χ1v) is 9.57. The Morgan fingerprint density at radius 1 is 1.31 bits per heavy atom. The van der Waals surface area contributed by atoms with Crippen molar-refractivity contribution in [3.63, 3.8) is 0 Å². The van der Waals surface area contributed by atoms with Crippen LogP contribution in [0.25, 0.3) is 10.9 Å². The van der Waals surface area contributed by atoms with Gasteiger partial charge in [0.25, 0.3) is 0 Å². The normalized spacial score (nSPS) is 25.7. The quantitative estimate of drug-likeness (QED) is 0.897. The highest BCUT2D eigenvalue weighted by molar-refractivity contribution is 5.79. The Balaban J connectivity index is 1.28. The summed E-state index contributed by atoms with van der Waals surface area (Å²) < 4.78 is 2.11. The molecule has 1 amide bonds. The van der Waals surface area contributed by atoms with Crippen molar-refractivity contribution in [1.29, 1.82) is 5.26 Å². The van der Waals surface area contributed by atoms with E-state index in [0.29, 0.717) is 18.5 Å². The van der Waals surface area contributed by atoms with E-state index in [1.54, 1.807) is 4.90 Å². The van der Waals surface area contributed by atoms with Crippen LogP contribution < -0.4 is 5.32 Å². The minimum Gasteiger partial charge on any atom is -0.326 e. The Bertz CT molecular complexity index is 823. The van der Waals surface area contributed by atoms with Crippen molar-refractivity contribution in [3.8, 4) is 6.07 Å². The molecular formula is C20H25N5O. The van der Waals surface area contributed by atoms with Gasteiger partial charge >= 0.3 is 0 Å². The highest BCUT2D eigenvalue weighted by Crippen LogP contribution is 2.28. The third-order valence-electron chi connectivity index (χ3n) is 5.79. The van der Waals surface area contributed by atoms with Crippen molar-refractivity contribution in [1.82, 2.24) is 20.0 Å². The molecule has 0 bridgehead atoms. The first-order chi connectivity index (χ1) is 12.7. The molecule has 3 unspecified atom stereocenters. The number of hydrogen-bond donors (Lipinski definition) is 1. The summed E-state index contributed by atoms with van der Waals surface area (Å²) in [5.74, 6) is 0.653. The summed E-state index contributed by atoms with van der Waals surface area (Å²) in [6.07, 6.45) is 7.01. The van der Waals surface area contributed by atoms with Gasteiger partial charge in [0.1, 0.15) is 6.04 Å². The molecule has 2 aromatic rings. The number of para-hydroxylation sites is 1. The second-order valence-electron chi connectivity index (χ2n) is 7.52. The standard InChI is InChI=1S/C20H25N5O/c21-11-18-5-3-9-24(18)20(26)13-22-17-8-7-15(10-17)14-25-19-6-2-1-4-16(19)12-23-25/h1-2,4,6,12,15,17-18,22H,3,5,7-10,13-14H2. The predicted molar refractivity (Wildman–Crippen MR) is 99.2 cm³/mol. The van der Waals surface area contributed by atoms with Gasteiger partial charge in [-0.2, -0.15) is 10.4 Å². The molecule has 1 aliphatic heterocycles. The van der Waals surface area contributed by atoms with Gasteiger partial charge in [-0.05, 0) is 44.1 Å². The van der Waals surface area contributed by atoms with Crippen molar-refractivity contribution < 1.29 is 4.79 Å². The second kappa shape index (κ2) is 7.46. The zero-order chi connectivity index (χ0) is 17.9. The Morgan fingerprint density at radius 3 is 3.08 bits per heavy atom. The minimum atomic E-state index is -0.228. The van der Waals surface area contributed by atoms with E-state index in [1.807, 2.05) is 12.3 Å².